The average Bonchev–Trinajstić information content (AvgIpc) is 3.45. The van der Waals surface area contributed by atoms with Crippen molar-refractivity contribution in [3.8, 4) is 0 Å². The van der Waals surface area contributed by atoms with Gasteiger partial charge in [-0.25, -0.2) is 0 Å². The Morgan fingerprint density at radius 2 is 0.494 bits per heavy atom. The van der Waals surface area contributed by atoms with Gasteiger partial charge in [-0.15, -0.1) is 0 Å². The predicted octanol–water partition coefficient (Wildman–Crippen LogP) is 23.4. The molecule has 0 heterocycles. The van der Waals surface area contributed by atoms with Gasteiger partial charge in [0.1, 0.15) is 13.2 Å². The summed E-state index contributed by atoms with van der Waals surface area (Å²) >= 11 is 0. The monoisotopic (exact) mass is 1100 g/mol. The van der Waals surface area contributed by atoms with Crippen LogP contribution in [0.2, 0.25) is 0 Å². The quantitative estimate of drug-likeness (QED) is 0.0261. The molecule has 1 unspecified atom stereocenters. The van der Waals surface area contributed by atoms with Crippen molar-refractivity contribution < 1.29 is 28.6 Å². The summed E-state index contributed by atoms with van der Waals surface area (Å²) in [5.41, 5.74) is 0. The SMILES string of the molecule is CC/C=C\C/C=C\C/C=C\CCCCCCCC(=O)OC(COC(=O)CCCCCCC/C=C\CCCCCC)COC(=O)CCCCCCCCCCCCCCCCCCCC/C=C\C/C=C\C/C=C\CCCCCCC. The second kappa shape index (κ2) is 67.1. The van der Waals surface area contributed by atoms with E-state index < -0.39 is 6.10 Å². The van der Waals surface area contributed by atoms with Crippen LogP contribution in [0.15, 0.2) is 85.1 Å². The van der Waals surface area contributed by atoms with E-state index in [2.05, 4.69) is 106 Å². The fourth-order valence-electron chi connectivity index (χ4n) is 9.76. The lowest BCUT2D eigenvalue weighted by Crippen LogP contribution is -2.30. The minimum Gasteiger partial charge on any atom is -0.462 e. The van der Waals surface area contributed by atoms with E-state index in [1.165, 1.54) is 186 Å². The molecule has 79 heavy (non-hydrogen) atoms. The fourth-order valence-corrected chi connectivity index (χ4v) is 9.76. The number of allylic oxidation sites excluding steroid dienone is 14. The van der Waals surface area contributed by atoms with Gasteiger partial charge in [-0.3, -0.25) is 14.4 Å². The zero-order chi connectivity index (χ0) is 57.1. The first-order valence-corrected chi connectivity index (χ1v) is 34.1. The molecule has 6 nitrogen and oxygen atoms in total. The average molecular weight is 1100 g/mol. The summed E-state index contributed by atoms with van der Waals surface area (Å²) in [6.45, 7) is 6.51. The smallest absolute Gasteiger partial charge is 0.306 e. The third kappa shape index (κ3) is 65.3. The van der Waals surface area contributed by atoms with Crippen LogP contribution in [0.25, 0.3) is 0 Å². The minimum absolute atomic E-state index is 0.0835. The lowest BCUT2D eigenvalue weighted by Gasteiger charge is -2.18. The summed E-state index contributed by atoms with van der Waals surface area (Å²) in [7, 11) is 0. The number of hydrogen-bond donors (Lipinski definition) is 0. The molecule has 0 bridgehead atoms. The first kappa shape index (κ1) is 75.6. The number of rotatable bonds is 62. The standard InChI is InChI=1S/C73H128O6/c1-4-7-10-13-16-19-22-25-27-28-29-30-31-32-33-34-35-36-37-38-39-40-41-42-43-44-46-48-51-54-57-60-63-66-72(75)78-69-70(68-77-71(74)65-62-59-56-53-50-47-24-21-18-15-12-9-6-3)79-73(76)67-64-61-58-55-52-49-45-26-23-20-17-14-11-8-5-2/h8,11,17,20-22,24-26,28-29,31-32,45,70H,4-7,9-10,12-16,18-19,23,27,30,33-44,46-69H2,1-3H3/b11-8-,20-17-,24-21-,25-22-,29-28-,32-31-,45-26-. The highest BCUT2D eigenvalue weighted by molar-refractivity contribution is 5.71. The Morgan fingerprint density at radius 1 is 0.266 bits per heavy atom. The highest BCUT2D eigenvalue weighted by Crippen LogP contribution is 2.17. The maximum atomic E-state index is 12.9. The van der Waals surface area contributed by atoms with Crippen molar-refractivity contribution >= 4 is 17.9 Å². The summed E-state index contributed by atoms with van der Waals surface area (Å²) in [6.07, 6.45) is 89.0. The van der Waals surface area contributed by atoms with Crippen molar-refractivity contribution in [3.05, 3.63) is 85.1 Å². The van der Waals surface area contributed by atoms with Crippen molar-refractivity contribution in [1.82, 2.24) is 0 Å². The number of carbonyl (C=O) groups is 3. The molecule has 1 atom stereocenters. The maximum Gasteiger partial charge on any atom is 0.306 e. The number of hydrogen-bond acceptors (Lipinski definition) is 6. The molecule has 0 amide bonds. The van der Waals surface area contributed by atoms with Gasteiger partial charge in [0.2, 0.25) is 0 Å². The molecule has 6 heteroatoms. The van der Waals surface area contributed by atoms with Gasteiger partial charge in [-0.05, 0) is 116 Å². The predicted molar refractivity (Wildman–Crippen MR) is 344 cm³/mol. The first-order valence-electron chi connectivity index (χ1n) is 34.1. The Labute approximate surface area is 490 Å². The molecule has 0 spiro atoms. The maximum absolute atomic E-state index is 12.9. The minimum atomic E-state index is -0.788. The van der Waals surface area contributed by atoms with Gasteiger partial charge >= 0.3 is 17.9 Å². The molecule has 0 aliphatic heterocycles. The summed E-state index contributed by atoms with van der Waals surface area (Å²) in [5, 5.41) is 0. The van der Waals surface area contributed by atoms with E-state index in [9.17, 15) is 14.4 Å². The van der Waals surface area contributed by atoms with Gasteiger partial charge < -0.3 is 14.2 Å². The van der Waals surface area contributed by atoms with Crippen LogP contribution in [0.4, 0.5) is 0 Å². The molecular weight excluding hydrogens is 973 g/mol. The summed E-state index contributed by atoms with van der Waals surface area (Å²) in [6, 6.07) is 0. The van der Waals surface area contributed by atoms with Crippen LogP contribution >= 0.6 is 0 Å². The third-order valence-corrected chi connectivity index (χ3v) is 14.9. The van der Waals surface area contributed by atoms with Crippen LogP contribution in [0, 0.1) is 0 Å². The topological polar surface area (TPSA) is 78.9 Å². The Kier molecular flexibility index (Phi) is 64.2. The Balaban J connectivity index is 4.14. The van der Waals surface area contributed by atoms with Crippen molar-refractivity contribution in [2.75, 3.05) is 13.2 Å². The Bertz CT molecular complexity index is 1500. The van der Waals surface area contributed by atoms with E-state index in [1.807, 2.05) is 0 Å². The van der Waals surface area contributed by atoms with Crippen molar-refractivity contribution in [3.63, 3.8) is 0 Å². The molecular formula is C73H128O6. The second-order valence-electron chi connectivity index (χ2n) is 22.7. The molecule has 0 aromatic rings. The van der Waals surface area contributed by atoms with Gasteiger partial charge in [-0.1, -0.05) is 292 Å². The van der Waals surface area contributed by atoms with Gasteiger partial charge in [0, 0.05) is 19.3 Å². The number of esters is 3. The molecule has 0 aliphatic rings. The molecule has 0 saturated carbocycles. The first-order chi connectivity index (χ1) is 39.0. The van der Waals surface area contributed by atoms with Crippen LogP contribution in [0.1, 0.15) is 342 Å². The van der Waals surface area contributed by atoms with Gasteiger partial charge in [0.25, 0.3) is 0 Å². The molecule has 0 aliphatic carbocycles. The van der Waals surface area contributed by atoms with E-state index in [0.717, 1.165) is 116 Å². The highest BCUT2D eigenvalue weighted by atomic mass is 16.6. The molecule has 0 aromatic carbocycles. The fraction of sp³-hybridized carbons (Fsp3) is 0.767. The summed E-state index contributed by atoms with van der Waals surface area (Å²) in [4.78, 5) is 38.3. The molecule has 0 N–H and O–H groups in total. The van der Waals surface area contributed by atoms with E-state index in [1.54, 1.807) is 0 Å². The lowest BCUT2D eigenvalue weighted by molar-refractivity contribution is -0.167. The van der Waals surface area contributed by atoms with Crippen LogP contribution in [-0.2, 0) is 28.6 Å². The molecule has 0 radical (unpaired) electrons. The number of carbonyl (C=O) groups excluding carboxylic acids is 3. The van der Waals surface area contributed by atoms with Crippen molar-refractivity contribution in [2.45, 2.75) is 348 Å². The highest BCUT2D eigenvalue weighted by Gasteiger charge is 2.19. The van der Waals surface area contributed by atoms with Crippen LogP contribution in [-0.4, -0.2) is 37.2 Å². The third-order valence-electron chi connectivity index (χ3n) is 14.9. The largest absolute Gasteiger partial charge is 0.462 e. The molecule has 0 fully saturated rings. The van der Waals surface area contributed by atoms with Gasteiger partial charge in [-0.2, -0.15) is 0 Å². The van der Waals surface area contributed by atoms with Crippen molar-refractivity contribution in [2.24, 2.45) is 0 Å². The Morgan fingerprint density at radius 3 is 0.797 bits per heavy atom. The van der Waals surface area contributed by atoms with E-state index in [4.69, 9.17) is 14.2 Å². The van der Waals surface area contributed by atoms with E-state index in [0.29, 0.717) is 19.3 Å². The van der Waals surface area contributed by atoms with E-state index in [-0.39, 0.29) is 31.1 Å². The second-order valence-corrected chi connectivity index (χ2v) is 22.7. The molecule has 0 saturated heterocycles. The number of ether oxygens (including phenoxy) is 3. The molecule has 0 rings (SSSR count). The van der Waals surface area contributed by atoms with E-state index >= 15 is 0 Å². The van der Waals surface area contributed by atoms with Gasteiger partial charge in [0.05, 0.1) is 0 Å². The lowest BCUT2D eigenvalue weighted by atomic mass is 10.0. The summed E-state index contributed by atoms with van der Waals surface area (Å²) < 4.78 is 16.9. The van der Waals surface area contributed by atoms with Crippen molar-refractivity contribution in [1.29, 1.82) is 0 Å². The molecule has 0 aromatic heterocycles. The Hall–Kier alpha value is -3.41. The summed E-state index contributed by atoms with van der Waals surface area (Å²) in [5.74, 6) is -0.896. The van der Waals surface area contributed by atoms with Crippen LogP contribution in [0.5, 0.6) is 0 Å². The number of unbranched alkanes of at least 4 members (excludes halogenated alkanes) is 37. The van der Waals surface area contributed by atoms with Crippen LogP contribution < -0.4 is 0 Å². The van der Waals surface area contributed by atoms with Gasteiger partial charge in [0.15, 0.2) is 6.10 Å². The zero-order valence-corrected chi connectivity index (χ0v) is 52.4. The molecule has 456 valence electrons. The zero-order valence-electron chi connectivity index (χ0n) is 52.4. The van der Waals surface area contributed by atoms with Crippen LogP contribution in [0.3, 0.4) is 0 Å². The normalized spacial score (nSPS) is 12.6.